The van der Waals surface area contributed by atoms with Gasteiger partial charge < -0.3 is 15.0 Å². The van der Waals surface area contributed by atoms with E-state index in [2.05, 4.69) is 10.3 Å². The van der Waals surface area contributed by atoms with E-state index in [1.54, 1.807) is 17.4 Å². The zero-order valence-electron chi connectivity index (χ0n) is 18.8. The first kappa shape index (κ1) is 22.9. The highest BCUT2D eigenvalue weighted by atomic mass is 32.1. The Balaban J connectivity index is 1.44. The molecule has 1 aliphatic rings. The standard InChI is InChI=1S/C26H27N3O3S/c1-18-23(16-28-26(31)25(32-2)19-7-4-3-5-8-19)22-12-13-29(17-20(22)15-27-18)24(30)11-10-21-9-6-14-33-21/h3-11,14-15,25H,12-13,16-17H2,1-2H3,(H,28,31)/b11-10+/t25-/m0/s1. The summed E-state index contributed by atoms with van der Waals surface area (Å²) >= 11 is 1.60. The number of thiophene rings is 1. The number of aromatic nitrogens is 1. The molecular formula is C26H27N3O3S. The number of pyridine rings is 1. The molecule has 3 heterocycles. The summed E-state index contributed by atoms with van der Waals surface area (Å²) in [7, 11) is 1.53. The molecule has 2 amide bonds. The molecule has 0 fully saturated rings. The molecule has 0 saturated carbocycles. The van der Waals surface area contributed by atoms with E-state index in [1.807, 2.05) is 71.9 Å². The van der Waals surface area contributed by atoms with E-state index in [9.17, 15) is 9.59 Å². The van der Waals surface area contributed by atoms with E-state index < -0.39 is 6.10 Å². The molecule has 0 unspecified atom stereocenters. The zero-order chi connectivity index (χ0) is 23.2. The Morgan fingerprint density at radius 1 is 1.24 bits per heavy atom. The van der Waals surface area contributed by atoms with Gasteiger partial charge in [-0.2, -0.15) is 0 Å². The lowest BCUT2D eigenvalue weighted by Gasteiger charge is -2.30. The minimum absolute atomic E-state index is 0.00437. The summed E-state index contributed by atoms with van der Waals surface area (Å²) in [6.45, 7) is 3.48. The average Bonchev–Trinajstić information content (AvgIpc) is 3.36. The van der Waals surface area contributed by atoms with Gasteiger partial charge in [0.15, 0.2) is 6.10 Å². The van der Waals surface area contributed by atoms with E-state index in [4.69, 9.17) is 4.74 Å². The van der Waals surface area contributed by atoms with Crippen LogP contribution in [0, 0.1) is 6.92 Å². The van der Waals surface area contributed by atoms with Crippen molar-refractivity contribution in [3.63, 3.8) is 0 Å². The number of methoxy groups -OCH3 is 1. The van der Waals surface area contributed by atoms with Crippen LogP contribution in [-0.2, 0) is 33.8 Å². The van der Waals surface area contributed by atoms with Gasteiger partial charge in [-0.1, -0.05) is 36.4 Å². The highest BCUT2D eigenvalue weighted by Gasteiger charge is 2.24. The minimum atomic E-state index is -0.665. The Hall–Kier alpha value is -3.29. The van der Waals surface area contributed by atoms with E-state index in [0.717, 1.165) is 33.7 Å². The lowest BCUT2D eigenvalue weighted by molar-refractivity contribution is -0.131. The topological polar surface area (TPSA) is 71.5 Å². The van der Waals surface area contributed by atoms with Crippen molar-refractivity contribution in [2.24, 2.45) is 0 Å². The average molecular weight is 462 g/mol. The molecule has 6 nitrogen and oxygen atoms in total. The Labute approximate surface area is 197 Å². The van der Waals surface area contributed by atoms with Crippen LogP contribution in [0.4, 0.5) is 0 Å². The van der Waals surface area contributed by atoms with Crippen LogP contribution in [0.25, 0.3) is 6.08 Å². The number of benzene rings is 1. The molecule has 1 atom stereocenters. The van der Waals surface area contributed by atoms with Gasteiger partial charge in [0, 0.05) is 49.6 Å². The predicted octanol–water partition coefficient (Wildman–Crippen LogP) is 4.05. The summed E-state index contributed by atoms with van der Waals surface area (Å²) < 4.78 is 5.44. The maximum atomic E-state index is 12.8. The van der Waals surface area contributed by atoms with Crippen molar-refractivity contribution in [2.75, 3.05) is 13.7 Å². The van der Waals surface area contributed by atoms with E-state index in [0.29, 0.717) is 19.6 Å². The monoisotopic (exact) mass is 461 g/mol. The highest BCUT2D eigenvalue weighted by molar-refractivity contribution is 7.10. The van der Waals surface area contributed by atoms with Gasteiger partial charge >= 0.3 is 0 Å². The predicted molar refractivity (Wildman–Crippen MR) is 129 cm³/mol. The number of ether oxygens (including phenoxy) is 1. The Morgan fingerprint density at radius 3 is 2.79 bits per heavy atom. The zero-order valence-corrected chi connectivity index (χ0v) is 19.6. The molecule has 7 heteroatoms. The molecular weight excluding hydrogens is 434 g/mol. The summed E-state index contributed by atoms with van der Waals surface area (Å²) in [5.74, 6) is -0.192. The number of hydrogen-bond donors (Lipinski definition) is 1. The van der Waals surface area contributed by atoms with Gasteiger partial charge in [-0.15, -0.1) is 11.3 Å². The van der Waals surface area contributed by atoms with Gasteiger partial charge in [0.2, 0.25) is 5.91 Å². The molecule has 170 valence electrons. The minimum Gasteiger partial charge on any atom is -0.367 e. The number of fused-ring (bicyclic) bond motifs is 1. The van der Waals surface area contributed by atoms with E-state index in [1.165, 1.54) is 12.7 Å². The van der Waals surface area contributed by atoms with Crippen LogP contribution in [0.5, 0.6) is 0 Å². The van der Waals surface area contributed by atoms with Crippen LogP contribution in [-0.4, -0.2) is 35.4 Å². The second-order valence-electron chi connectivity index (χ2n) is 7.93. The van der Waals surface area contributed by atoms with Gasteiger partial charge in [0.1, 0.15) is 0 Å². The fourth-order valence-electron chi connectivity index (χ4n) is 4.08. The molecule has 1 aliphatic heterocycles. The third-order valence-electron chi connectivity index (χ3n) is 5.86. The summed E-state index contributed by atoms with van der Waals surface area (Å²) in [6, 6.07) is 13.4. The van der Waals surface area contributed by atoms with Crippen molar-refractivity contribution in [2.45, 2.75) is 32.5 Å². The molecule has 4 rings (SSSR count). The fraction of sp³-hybridized carbons (Fsp3) is 0.269. The molecule has 33 heavy (non-hydrogen) atoms. The van der Waals surface area contributed by atoms with Crippen molar-refractivity contribution in [3.05, 3.63) is 92.9 Å². The first-order valence-corrected chi connectivity index (χ1v) is 11.8. The van der Waals surface area contributed by atoms with Gasteiger partial charge in [-0.3, -0.25) is 14.6 Å². The number of hydrogen-bond acceptors (Lipinski definition) is 5. The lowest BCUT2D eigenvalue weighted by atomic mass is 9.94. The number of rotatable bonds is 7. The summed E-state index contributed by atoms with van der Waals surface area (Å²) in [4.78, 5) is 32.9. The molecule has 0 spiro atoms. The van der Waals surface area contributed by atoms with Crippen molar-refractivity contribution in [1.82, 2.24) is 15.2 Å². The van der Waals surface area contributed by atoms with E-state index in [-0.39, 0.29) is 11.8 Å². The van der Waals surface area contributed by atoms with Gasteiger partial charge in [-0.05, 0) is 53.1 Å². The largest absolute Gasteiger partial charge is 0.367 e. The van der Waals surface area contributed by atoms with Gasteiger partial charge in [0.25, 0.3) is 5.91 Å². The number of carbonyl (C=O) groups is 2. The fourth-order valence-corrected chi connectivity index (χ4v) is 4.70. The Morgan fingerprint density at radius 2 is 2.06 bits per heavy atom. The van der Waals surface area contributed by atoms with Gasteiger partial charge in [0.05, 0.1) is 0 Å². The Kier molecular flexibility index (Phi) is 7.32. The van der Waals surface area contributed by atoms with Crippen LogP contribution in [0.2, 0.25) is 0 Å². The molecule has 3 aromatic rings. The molecule has 1 aromatic carbocycles. The quantitative estimate of drug-likeness (QED) is 0.539. The molecule has 1 N–H and O–H groups in total. The number of nitrogens with zero attached hydrogens (tertiary/aromatic N) is 2. The molecule has 0 aliphatic carbocycles. The third-order valence-corrected chi connectivity index (χ3v) is 6.69. The first-order valence-electron chi connectivity index (χ1n) is 10.9. The summed E-state index contributed by atoms with van der Waals surface area (Å²) in [6.07, 6.45) is 5.40. The maximum absolute atomic E-state index is 12.8. The van der Waals surface area contributed by atoms with Crippen molar-refractivity contribution >= 4 is 29.2 Å². The first-order chi connectivity index (χ1) is 16.1. The maximum Gasteiger partial charge on any atom is 0.254 e. The van der Waals surface area contributed by atoms with E-state index >= 15 is 0 Å². The molecule has 2 aromatic heterocycles. The molecule has 0 bridgehead atoms. The van der Waals surface area contributed by atoms with Gasteiger partial charge in [-0.25, -0.2) is 0 Å². The summed E-state index contributed by atoms with van der Waals surface area (Å²) in [5, 5.41) is 5.01. The number of nitrogens with one attached hydrogen (secondary N) is 1. The third kappa shape index (κ3) is 5.38. The summed E-state index contributed by atoms with van der Waals surface area (Å²) in [5.41, 5.74) is 4.92. The molecule has 0 saturated heterocycles. The number of amides is 2. The highest BCUT2D eigenvalue weighted by Crippen LogP contribution is 2.25. The van der Waals surface area contributed by atoms with Crippen molar-refractivity contribution < 1.29 is 14.3 Å². The number of carbonyl (C=O) groups excluding carboxylic acids is 2. The Bertz CT molecular complexity index is 1140. The second kappa shape index (κ2) is 10.6. The van der Waals surface area contributed by atoms with Crippen LogP contribution >= 0.6 is 11.3 Å². The van der Waals surface area contributed by atoms with Crippen molar-refractivity contribution in [3.8, 4) is 0 Å². The second-order valence-corrected chi connectivity index (χ2v) is 8.91. The van der Waals surface area contributed by atoms with Crippen LogP contribution in [0.3, 0.4) is 0 Å². The normalized spacial score (nSPS) is 14.2. The van der Waals surface area contributed by atoms with Crippen LogP contribution < -0.4 is 5.32 Å². The SMILES string of the molecule is CO[C@H](C(=O)NCc1c(C)ncc2c1CCN(C(=O)/C=C/c1cccs1)C2)c1ccccc1. The lowest BCUT2D eigenvalue weighted by Crippen LogP contribution is -2.36. The van der Waals surface area contributed by atoms with Crippen LogP contribution in [0.1, 0.15) is 38.9 Å². The number of aryl methyl sites for hydroxylation is 1. The van der Waals surface area contributed by atoms with Crippen molar-refractivity contribution in [1.29, 1.82) is 0 Å². The van der Waals surface area contributed by atoms with Crippen LogP contribution in [0.15, 0.2) is 60.1 Å². The smallest absolute Gasteiger partial charge is 0.254 e. The molecule has 0 radical (unpaired) electrons.